The highest BCUT2D eigenvalue weighted by molar-refractivity contribution is 5.97. The van der Waals surface area contributed by atoms with Gasteiger partial charge in [-0.1, -0.05) is 13.0 Å². The molecule has 200 valence electrons. The van der Waals surface area contributed by atoms with E-state index in [2.05, 4.69) is 15.6 Å². The topological polar surface area (TPSA) is 92.8 Å². The molecule has 0 aliphatic carbocycles. The predicted molar refractivity (Wildman–Crippen MR) is 122 cm³/mol. The quantitative estimate of drug-likeness (QED) is 0.579. The van der Waals surface area contributed by atoms with Crippen molar-refractivity contribution in [3.8, 4) is 5.75 Å². The number of halogens is 5. The van der Waals surface area contributed by atoms with Crippen LogP contribution in [0.4, 0.5) is 33.5 Å². The van der Waals surface area contributed by atoms with Crippen molar-refractivity contribution in [2.24, 2.45) is 5.92 Å². The molecule has 4 atom stereocenters. The molecule has 2 saturated heterocycles. The Hall–Kier alpha value is -3.32. The molecule has 0 saturated carbocycles. The van der Waals surface area contributed by atoms with Gasteiger partial charge in [-0.2, -0.15) is 17.6 Å². The summed E-state index contributed by atoms with van der Waals surface area (Å²) in [6.07, 6.45) is -5.27. The molecule has 2 aliphatic rings. The molecular weight excluding hydrogens is 503 g/mol. The fraction of sp³-hybridized carbons (Fsp3) is 0.458. The van der Waals surface area contributed by atoms with Gasteiger partial charge in [0, 0.05) is 48.4 Å². The molecule has 3 heterocycles. The molecule has 2 fully saturated rings. The van der Waals surface area contributed by atoms with Crippen LogP contribution in [0.5, 0.6) is 5.75 Å². The Labute approximate surface area is 209 Å². The van der Waals surface area contributed by atoms with Gasteiger partial charge in [0.2, 0.25) is 11.7 Å². The molecule has 0 unspecified atom stereocenters. The second kappa shape index (κ2) is 9.86. The summed E-state index contributed by atoms with van der Waals surface area (Å²) in [6.45, 7) is 3.03. The minimum atomic E-state index is -4.88. The lowest BCUT2D eigenvalue weighted by molar-refractivity contribution is -0.272. The third-order valence-electron chi connectivity index (χ3n) is 6.95. The van der Waals surface area contributed by atoms with Gasteiger partial charge in [-0.05, 0) is 19.1 Å². The number of methoxy groups -OCH3 is 1. The molecule has 37 heavy (non-hydrogen) atoms. The molecule has 0 spiro atoms. The molecule has 4 rings (SSSR count). The van der Waals surface area contributed by atoms with E-state index in [4.69, 9.17) is 9.47 Å². The molecule has 2 N–H and O–H groups in total. The van der Waals surface area contributed by atoms with Crippen LogP contribution < -0.4 is 20.3 Å². The number of anilines is 2. The number of aromatic nitrogens is 1. The Morgan fingerprint density at radius 2 is 2.03 bits per heavy atom. The smallest absolute Gasteiger partial charge is 0.417 e. The summed E-state index contributed by atoms with van der Waals surface area (Å²) < 4.78 is 81.0. The number of piperazine rings is 1. The number of nitrogens with zero attached hydrogens (tertiary/aromatic N) is 2. The normalized spacial score (nSPS) is 26.3. The maximum absolute atomic E-state index is 14.5. The third kappa shape index (κ3) is 4.73. The molecule has 0 radical (unpaired) electrons. The number of pyridine rings is 1. The van der Waals surface area contributed by atoms with Crippen LogP contribution >= 0.6 is 0 Å². The fourth-order valence-corrected chi connectivity index (χ4v) is 4.75. The molecule has 2 aliphatic heterocycles. The van der Waals surface area contributed by atoms with Crippen LogP contribution in [0.15, 0.2) is 30.5 Å². The summed E-state index contributed by atoms with van der Waals surface area (Å²) in [5.74, 6) is -6.88. The summed E-state index contributed by atoms with van der Waals surface area (Å²) in [7, 11) is 1.05. The van der Waals surface area contributed by atoms with Crippen molar-refractivity contribution in [2.75, 3.05) is 37.0 Å². The monoisotopic (exact) mass is 528 g/mol. The number of hydrogen-bond acceptors (Lipinski definition) is 6. The molecule has 8 nitrogen and oxygen atoms in total. The Bertz CT molecular complexity index is 1210. The molecular formula is C24H25F5N4O4. The van der Waals surface area contributed by atoms with Gasteiger partial charge in [0.05, 0.1) is 13.7 Å². The van der Waals surface area contributed by atoms with Crippen LogP contribution in [0.2, 0.25) is 0 Å². The predicted octanol–water partition coefficient (Wildman–Crippen LogP) is 3.38. The molecule has 2 aromatic rings. The van der Waals surface area contributed by atoms with Crippen molar-refractivity contribution >= 4 is 23.3 Å². The highest BCUT2D eigenvalue weighted by atomic mass is 19.4. The van der Waals surface area contributed by atoms with E-state index in [-0.39, 0.29) is 29.5 Å². The zero-order valence-electron chi connectivity index (χ0n) is 20.2. The molecule has 1 aromatic carbocycles. The van der Waals surface area contributed by atoms with Gasteiger partial charge < -0.3 is 20.1 Å². The maximum atomic E-state index is 14.5. The van der Waals surface area contributed by atoms with Crippen LogP contribution in [0.25, 0.3) is 0 Å². The number of alkyl halides is 3. The fourth-order valence-electron chi connectivity index (χ4n) is 4.75. The van der Waals surface area contributed by atoms with Crippen molar-refractivity contribution in [1.82, 2.24) is 10.3 Å². The first kappa shape index (κ1) is 26.7. The number of carbonyl (C=O) groups is 2. The van der Waals surface area contributed by atoms with Crippen LogP contribution in [0, 0.1) is 17.6 Å². The number of rotatable bonds is 5. The highest BCUT2D eigenvalue weighted by Gasteiger charge is 2.65. The maximum Gasteiger partial charge on any atom is 0.417 e. The van der Waals surface area contributed by atoms with Gasteiger partial charge in [0.25, 0.3) is 5.91 Å². The van der Waals surface area contributed by atoms with Gasteiger partial charge >= 0.3 is 6.18 Å². The van der Waals surface area contributed by atoms with Gasteiger partial charge in [-0.15, -0.1) is 0 Å². The molecule has 1 aromatic heterocycles. The second-order valence-electron chi connectivity index (χ2n) is 9.06. The van der Waals surface area contributed by atoms with Crippen molar-refractivity contribution < 1.29 is 41.0 Å². The Morgan fingerprint density at radius 3 is 2.68 bits per heavy atom. The van der Waals surface area contributed by atoms with Crippen LogP contribution in [0.3, 0.4) is 0 Å². The standard InChI is InChI=1S/C24H25F5N4O4/c1-12-18(14-4-5-15(25)19(26)20(14)36-3)21(37-23(12,2)24(27,28)29)22(35)32-13-6-7-31-16(10-13)33-9-8-30-11-17(33)34/h4-7,10,12,18,21,30H,8-9,11H2,1-3H3,(H,31,32,35)/t12-,18-,21+,23+/m0/s1. The van der Waals surface area contributed by atoms with E-state index in [0.717, 1.165) is 26.2 Å². The summed E-state index contributed by atoms with van der Waals surface area (Å²) >= 11 is 0. The minimum Gasteiger partial charge on any atom is -0.493 e. The summed E-state index contributed by atoms with van der Waals surface area (Å²) in [5, 5.41) is 5.44. The number of amides is 2. The van der Waals surface area contributed by atoms with Gasteiger partial charge in [0.1, 0.15) is 11.9 Å². The minimum absolute atomic E-state index is 0.111. The van der Waals surface area contributed by atoms with E-state index in [1.807, 2.05) is 0 Å². The van der Waals surface area contributed by atoms with E-state index in [9.17, 15) is 31.5 Å². The lowest BCUT2D eigenvalue weighted by Crippen LogP contribution is -2.48. The second-order valence-corrected chi connectivity index (χ2v) is 9.06. The molecule has 13 heteroatoms. The average molecular weight is 528 g/mol. The van der Waals surface area contributed by atoms with Gasteiger partial charge in [-0.25, -0.2) is 9.37 Å². The number of carbonyl (C=O) groups excluding carboxylic acids is 2. The lowest BCUT2D eigenvalue weighted by atomic mass is 9.77. The lowest BCUT2D eigenvalue weighted by Gasteiger charge is -2.32. The van der Waals surface area contributed by atoms with E-state index >= 15 is 0 Å². The van der Waals surface area contributed by atoms with Crippen LogP contribution in [-0.2, 0) is 14.3 Å². The number of benzene rings is 1. The van der Waals surface area contributed by atoms with Crippen molar-refractivity contribution in [3.05, 3.63) is 47.7 Å². The first-order chi connectivity index (χ1) is 17.4. The number of hydrogen-bond donors (Lipinski definition) is 2. The average Bonchev–Trinajstić information content (AvgIpc) is 3.13. The Kier molecular flexibility index (Phi) is 7.12. The molecule has 2 amide bonds. The largest absolute Gasteiger partial charge is 0.493 e. The Morgan fingerprint density at radius 1 is 1.30 bits per heavy atom. The SMILES string of the molecule is COc1c([C@H]2[C@H](C(=O)Nc3ccnc(N4CCNCC4=O)c3)O[C@@](C)(C(F)(F)F)[C@H]2C)ccc(F)c1F. The van der Waals surface area contributed by atoms with E-state index < -0.39 is 53.0 Å². The van der Waals surface area contributed by atoms with E-state index in [0.29, 0.717) is 13.1 Å². The first-order valence-electron chi connectivity index (χ1n) is 11.4. The van der Waals surface area contributed by atoms with Crippen LogP contribution in [0.1, 0.15) is 25.3 Å². The summed E-state index contributed by atoms with van der Waals surface area (Å²) in [5.41, 5.74) is -2.75. The first-order valence-corrected chi connectivity index (χ1v) is 11.4. The van der Waals surface area contributed by atoms with Gasteiger partial charge in [0.15, 0.2) is 17.2 Å². The number of nitrogens with one attached hydrogen (secondary N) is 2. The van der Waals surface area contributed by atoms with Crippen molar-refractivity contribution in [3.63, 3.8) is 0 Å². The summed E-state index contributed by atoms with van der Waals surface area (Å²) in [6, 6.07) is 4.67. The van der Waals surface area contributed by atoms with Crippen LogP contribution in [-0.4, -0.2) is 61.4 Å². The van der Waals surface area contributed by atoms with Gasteiger partial charge in [-0.3, -0.25) is 14.5 Å². The zero-order chi connectivity index (χ0) is 27.1. The van der Waals surface area contributed by atoms with Crippen molar-refractivity contribution in [2.45, 2.75) is 37.6 Å². The summed E-state index contributed by atoms with van der Waals surface area (Å²) in [4.78, 5) is 31.1. The van der Waals surface area contributed by atoms with E-state index in [1.165, 1.54) is 30.2 Å². The third-order valence-corrected chi connectivity index (χ3v) is 6.95. The number of ether oxygens (including phenoxy) is 2. The zero-order valence-corrected chi connectivity index (χ0v) is 20.2. The Balaban J connectivity index is 1.70. The van der Waals surface area contributed by atoms with E-state index in [1.54, 1.807) is 0 Å². The van der Waals surface area contributed by atoms with Crippen molar-refractivity contribution in [1.29, 1.82) is 0 Å². The molecule has 0 bridgehead atoms. The highest BCUT2D eigenvalue weighted by Crippen LogP contribution is 2.55.